The fourth-order valence-electron chi connectivity index (χ4n) is 1.44. The van der Waals surface area contributed by atoms with E-state index in [1.807, 2.05) is 20.9 Å². The Morgan fingerprint density at radius 1 is 1.62 bits per heavy atom. The van der Waals surface area contributed by atoms with Crippen molar-refractivity contribution in [2.24, 2.45) is 0 Å². The number of hydrogen-bond acceptors (Lipinski definition) is 3. The van der Waals surface area contributed by atoms with Crippen molar-refractivity contribution in [2.75, 3.05) is 20.1 Å². The predicted octanol–water partition coefficient (Wildman–Crippen LogP) is 0.825. The fraction of sp³-hybridized carbons (Fsp3) is 0.889. The summed E-state index contributed by atoms with van der Waals surface area (Å²) in [5.41, 5.74) is 0. The second-order valence-corrected chi connectivity index (χ2v) is 3.65. The van der Waals surface area contributed by atoms with Gasteiger partial charge in [-0.3, -0.25) is 0 Å². The molecule has 1 atom stereocenters. The number of nitrogens with zero attached hydrogens (tertiary/aromatic N) is 1. The van der Waals surface area contributed by atoms with Crippen LogP contribution in [0.1, 0.15) is 20.3 Å². The van der Waals surface area contributed by atoms with Gasteiger partial charge in [-0.15, -0.1) is 0 Å². The first-order valence-corrected chi connectivity index (χ1v) is 4.76. The van der Waals surface area contributed by atoms with E-state index in [9.17, 15) is 4.79 Å². The van der Waals surface area contributed by atoms with E-state index in [4.69, 9.17) is 4.74 Å². The van der Waals surface area contributed by atoms with Crippen LogP contribution in [-0.2, 0) is 4.74 Å². The van der Waals surface area contributed by atoms with E-state index in [0.717, 1.165) is 19.5 Å². The zero-order valence-corrected chi connectivity index (χ0v) is 8.54. The highest BCUT2D eigenvalue weighted by molar-refractivity contribution is 5.68. The quantitative estimate of drug-likeness (QED) is 0.694. The normalized spacial score (nSPS) is 22.5. The molecule has 1 N–H and O–H groups in total. The maximum atomic E-state index is 11.4. The van der Waals surface area contributed by atoms with Gasteiger partial charge in [0.15, 0.2) is 0 Å². The van der Waals surface area contributed by atoms with Gasteiger partial charge in [-0.05, 0) is 27.3 Å². The lowest BCUT2D eigenvalue weighted by Crippen LogP contribution is -2.34. The monoisotopic (exact) mass is 186 g/mol. The van der Waals surface area contributed by atoms with Crippen molar-refractivity contribution in [3.63, 3.8) is 0 Å². The van der Waals surface area contributed by atoms with Crippen LogP contribution in [0.2, 0.25) is 0 Å². The molecule has 4 heteroatoms. The number of nitrogens with one attached hydrogen (secondary N) is 1. The third-order valence-electron chi connectivity index (χ3n) is 2.19. The topological polar surface area (TPSA) is 41.6 Å². The van der Waals surface area contributed by atoms with E-state index >= 15 is 0 Å². The van der Waals surface area contributed by atoms with E-state index in [0.29, 0.717) is 6.04 Å². The highest BCUT2D eigenvalue weighted by Gasteiger charge is 2.26. The minimum absolute atomic E-state index is 0.0267. The molecule has 0 unspecified atom stereocenters. The number of likely N-dealkylation sites (N-methyl/N-ethyl adjacent to an activating group) is 1. The number of likely N-dealkylation sites (tertiary alicyclic amines) is 1. The molecule has 1 aliphatic heterocycles. The van der Waals surface area contributed by atoms with E-state index < -0.39 is 0 Å². The lowest BCUT2D eigenvalue weighted by Gasteiger charge is -2.17. The zero-order valence-electron chi connectivity index (χ0n) is 8.54. The summed E-state index contributed by atoms with van der Waals surface area (Å²) in [4.78, 5) is 13.1. The van der Waals surface area contributed by atoms with E-state index in [2.05, 4.69) is 5.32 Å². The number of carbonyl (C=O) groups is 1. The van der Waals surface area contributed by atoms with Crippen LogP contribution >= 0.6 is 0 Å². The van der Waals surface area contributed by atoms with Crippen molar-refractivity contribution in [2.45, 2.75) is 32.4 Å². The molecule has 0 radical (unpaired) electrons. The van der Waals surface area contributed by atoms with Gasteiger partial charge < -0.3 is 15.0 Å². The highest BCUT2D eigenvalue weighted by Crippen LogP contribution is 2.10. The molecule has 1 aliphatic rings. The molecular weight excluding hydrogens is 168 g/mol. The van der Waals surface area contributed by atoms with Crippen LogP contribution in [0.15, 0.2) is 0 Å². The van der Waals surface area contributed by atoms with Crippen molar-refractivity contribution in [3.05, 3.63) is 0 Å². The number of hydrogen-bond donors (Lipinski definition) is 1. The van der Waals surface area contributed by atoms with Crippen molar-refractivity contribution >= 4 is 6.09 Å². The van der Waals surface area contributed by atoms with Gasteiger partial charge in [0, 0.05) is 19.1 Å². The molecule has 0 aromatic heterocycles. The molecule has 0 saturated carbocycles. The molecule has 1 rings (SSSR count). The summed E-state index contributed by atoms with van der Waals surface area (Å²) >= 11 is 0. The molecule has 1 fully saturated rings. The lowest BCUT2D eigenvalue weighted by atomic mass is 10.3. The fourth-order valence-corrected chi connectivity index (χ4v) is 1.44. The SMILES string of the molecule is CN[C@H]1CCN(C(=O)OC(C)C)C1. The first kappa shape index (κ1) is 10.3. The summed E-state index contributed by atoms with van der Waals surface area (Å²) in [6.07, 6.45) is 0.804. The lowest BCUT2D eigenvalue weighted by molar-refractivity contribution is 0.0831. The Labute approximate surface area is 79.2 Å². The first-order chi connectivity index (χ1) is 6.13. The molecular formula is C9H18N2O2. The van der Waals surface area contributed by atoms with Gasteiger partial charge in [0.2, 0.25) is 0 Å². The Hall–Kier alpha value is -0.770. The van der Waals surface area contributed by atoms with Crippen LogP contribution in [0.3, 0.4) is 0 Å². The molecule has 1 amide bonds. The number of amides is 1. The molecule has 0 bridgehead atoms. The van der Waals surface area contributed by atoms with Gasteiger partial charge >= 0.3 is 6.09 Å². The van der Waals surface area contributed by atoms with Gasteiger partial charge in [0.1, 0.15) is 0 Å². The van der Waals surface area contributed by atoms with Gasteiger partial charge in [-0.1, -0.05) is 0 Å². The Kier molecular flexibility index (Phi) is 3.54. The molecule has 0 aliphatic carbocycles. The van der Waals surface area contributed by atoms with Crippen LogP contribution in [0.4, 0.5) is 4.79 Å². The molecule has 0 spiro atoms. The minimum Gasteiger partial charge on any atom is -0.447 e. The van der Waals surface area contributed by atoms with Crippen molar-refractivity contribution in [3.8, 4) is 0 Å². The molecule has 76 valence electrons. The van der Waals surface area contributed by atoms with Crippen LogP contribution in [0.5, 0.6) is 0 Å². The van der Waals surface area contributed by atoms with Crippen molar-refractivity contribution in [1.29, 1.82) is 0 Å². The summed E-state index contributed by atoms with van der Waals surface area (Å²) < 4.78 is 5.09. The highest BCUT2D eigenvalue weighted by atomic mass is 16.6. The Morgan fingerprint density at radius 2 is 2.31 bits per heavy atom. The Morgan fingerprint density at radius 3 is 2.77 bits per heavy atom. The van der Waals surface area contributed by atoms with E-state index in [-0.39, 0.29) is 12.2 Å². The summed E-state index contributed by atoms with van der Waals surface area (Å²) in [5.74, 6) is 0. The molecule has 0 aromatic rings. The second kappa shape index (κ2) is 4.46. The third-order valence-corrected chi connectivity index (χ3v) is 2.19. The first-order valence-electron chi connectivity index (χ1n) is 4.76. The molecule has 4 nitrogen and oxygen atoms in total. The summed E-state index contributed by atoms with van der Waals surface area (Å²) in [6.45, 7) is 5.30. The van der Waals surface area contributed by atoms with Gasteiger partial charge in [-0.25, -0.2) is 4.79 Å². The van der Waals surface area contributed by atoms with Gasteiger partial charge in [0.05, 0.1) is 6.10 Å². The summed E-state index contributed by atoms with van der Waals surface area (Å²) in [5, 5.41) is 3.15. The summed E-state index contributed by atoms with van der Waals surface area (Å²) in [7, 11) is 1.92. The van der Waals surface area contributed by atoms with Crippen LogP contribution in [0, 0.1) is 0 Å². The van der Waals surface area contributed by atoms with E-state index in [1.54, 1.807) is 4.90 Å². The second-order valence-electron chi connectivity index (χ2n) is 3.65. The maximum Gasteiger partial charge on any atom is 0.410 e. The minimum atomic E-state index is -0.187. The third kappa shape index (κ3) is 2.88. The van der Waals surface area contributed by atoms with Crippen LogP contribution < -0.4 is 5.32 Å². The predicted molar refractivity (Wildman–Crippen MR) is 50.7 cm³/mol. The summed E-state index contributed by atoms with van der Waals surface area (Å²) in [6, 6.07) is 0.430. The van der Waals surface area contributed by atoms with E-state index in [1.165, 1.54) is 0 Å². The van der Waals surface area contributed by atoms with Crippen LogP contribution in [0.25, 0.3) is 0 Å². The average molecular weight is 186 g/mol. The molecule has 1 saturated heterocycles. The number of rotatable bonds is 2. The average Bonchev–Trinajstić information content (AvgIpc) is 2.50. The Balaban J connectivity index is 2.33. The van der Waals surface area contributed by atoms with Gasteiger partial charge in [-0.2, -0.15) is 0 Å². The van der Waals surface area contributed by atoms with Crippen molar-refractivity contribution in [1.82, 2.24) is 10.2 Å². The molecule has 1 heterocycles. The van der Waals surface area contributed by atoms with Crippen LogP contribution in [-0.4, -0.2) is 43.3 Å². The molecule has 13 heavy (non-hydrogen) atoms. The zero-order chi connectivity index (χ0) is 9.84. The number of ether oxygens (including phenoxy) is 1. The number of carbonyl (C=O) groups excluding carboxylic acids is 1. The maximum absolute atomic E-state index is 11.4. The van der Waals surface area contributed by atoms with Gasteiger partial charge in [0.25, 0.3) is 0 Å². The smallest absolute Gasteiger partial charge is 0.410 e. The standard InChI is InChI=1S/C9H18N2O2/c1-7(2)13-9(12)11-5-4-8(6-11)10-3/h7-8,10H,4-6H2,1-3H3/t8-/m0/s1. The molecule has 0 aromatic carbocycles. The largest absolute Gasteiger partial charge is 0.447 e. The van der Waals surface area contributed by atoms with Crippen molar-refractivity contribution < 1.29 is 9.53 Å². The Bertz CT molecular complexity index is 182.